The fourth-order valence-corrected chi connectivity index (χ4v) is 4.19. The van der Waals surface area contributed by atoms with Gasteiger partial charge in [0.2, 0.25) is 15.9 Å². The summed E-state index contributed by atoms with van der Waals surface area (Å²) >= 11 is 0. The molecule has 3 rings (SSSR count). The van der Waals surface area contributed by atoms with Crippen LogP contribution < -0.4 is 0 Å². The van der Waals surface area contributed by atoms with E-state index < -0.39 is 10.0 Å². The third-order valence-corrected chi connectivity index (χ3v) is 5.87. The van der Waals surface area contributed by atoms with E-state index in [1.54, 1.807) is 4.90 Å². The molecule has 7 nitrogen and oxygen atoms in total. The molecular weight excluding hydrogens is 316 g/mol. The summed E-state index contributed by atoms with van der Waals surface area (Å²) in [6.45, 7) is 2.38. The largest absolute Gasteiger partial charge is 0.333 e. The second-order valence-electron chi connectivity index (χ2n) is 5.44. The Hall–Kier alpha value is -2.19. The highest BCUT2D eigenvalue weighted by molar-refractivity contribution is 7.89. The predicted molar refractivity (Wildman–Crippen MR) is 83.9 cm³/mol. The van der Waals surface area contributed by atoms with Crippen molar-refractivity contribution in [2.45, 2.75) is 17.9 Å². The van der Waals surface area contributed by atoms with Gasteiger partial charge in [0.15, 0.2) is 0 Å². The number of nitrogens with zero attached hydrogens (tertiary/aromatic N) is 3. The average molecular weight is 334 g/mol. The topological polar surface area (TPSA) is 86.4 Å². The number of hydrogen-bond acceptors (Lipinski definition) is 4. The Labute approximate surface area is 135 Å². The Morgan fingerprint density at radius 3 is 2.61 bits per heavy atom. The van der Waals surface area contributed by atoms with Gasteiger partial charge in [-0.25, -0.2) is 8.42 Å². The van der Waals surface area contributed by atoms with Crippen LogP contribution in [0.15, 0.2) is 47.6 Å². The molecule has 0 radical (unpaired) electrons. The molecule has 0 saturated carbocycles. The highest BCUT2D eigenvalue weighted by atomic mass is 32.2. The van der Waals surface area contributed by atoms with Gasteiger partial charge in [-0.2, -0.15) is 9.40 Å². The molecule has 0 aliphatic carbocycles. The molecule has 1 atom stereocenters. The van der Waals surface area contributed by atoms with Gasteiger partial charge in [-0.3, -0.25) is 9.89 Å². The van der Waals surface area contributed by atoms with Crippen molar-refractivity contribution in [2.24, 2.45) is 0 Å². The molecule has 1 fully saturated rings. The third-order valence-electron chi connectivity index (χ3n) is 4.04. The highest BCUT2D eigenvalue weighted by Gasteiger charge is 2.36. The van der Waals surface area contributed by atoms with E-state index in [-0.39, 0.29) is 29.9 Å². The number of aromatic nitrogens is 2. The summed E-state index contributed by atoms with van der Waals surface area (Å²) in [4.78, 5) is 13.8. The SMILES string of the molecule is CC(=O)N1CCN(S(=O)(=O)c2cn[nH]c2)CC1c1ccccc1. The van der Waals surface area contributed by atoms with E-state index in [1.165, 1.54) is 23.6 Å². The molecular formula is C15H18N4O3S. The Kier molecular flexibility index (Phi) is 4.18. The summed E-state index contributed by atoms with van der Waals surface area (Å²) in [6.07, 6.45) is 2.66. The summed E-state index contributed by atoms with van der Waals surface area (Å²) in [7, 11) is -3.61. The van der Waals surface area contributed by atoms with Gasteiger partial charge in [0.05, 0.1) is 12.2 Å². The van der Waals surface area contributed by atoms with Crippen molar-refractivity contribution in [1.82, 2.24) is 19.4 Å². The van der Waals surface area contributed by atoms with Crippen LogP contribution in [0.1, 0.15) is 18.5 Å². The van der Waals surface area contributed by atoms with Crippen molar-refractivity contribution in [1.29, 1.82) is 0 Å². The van der Waals surface area contributed by atoms with E-state index >= 15 is 0 Å². The number of sulfonamides is 1. The van der Waals surface area contributed by atoms with Gasteiger partial charge in [0, 0.05) is 32.8 Å². The zero-order chi connectivity index (χ0) is 16.4. The maximum Gasteiger partial charge on any atom is 0.246 e. The quantitative estimate of drug-likeness (QED) is 0.907. The monoisotopic (exact) mass is 334 g/mol. The molecule has 1 aromatic heterocycles. The molecule has 1 aliphatic heterocycles. The molecule has 2 heterocycles. The van der Waals surface area contributed by atoms with E-state index in [0.717, 1.165) is 5.56 Å². The Morgan fingerprint density at radius 2 is 2.00 bits per heavy atom. The van der Waals surface area contributed by atoms with Crippen molar-refractivity contribution < 1.29 is 13.2 Å². The van der Waals surface area contributed by atoms with Crippen LogP contribution in [-0.4, -0.2) is 53.4 Å². The van der Waals surface area contributed by atoms with Crippen LogP contribution in [0.2, 0.25) is 0 Å². The molecule has 1 unspecified atom stereocenters. The van der Waals surface area contributed by atoms with Gasteiger partial charge in [0.25, 0.3) is 0 Å². The molecule has 122 valence electrons. The Balaban J connectivity index is 1.92. The maximum absolute atomic E-state index is 12.7. The average Bonchev–Trinajstić information content (AvgIpc) is 3.10. The lowest BCUT2D eigenvalue weighted by molar-refractivity contribution is -0.133. The molecule has 0 spiro atoms. The van der Waals surface area contributed by atoms with Crippen molar-refractivity contribution in [3.63, 3.8) is 0 Å². The molecule has 1 amide bonds. The zero-order valence-corrected chi connectivity index (χ0v) is 13.5. The fourth-order valence-electron chi connectivity index (χ4n) is 2.84. The van der Waals surface area contributed by atoms with Gasteiger partial charge in [-0.15, -0.1) is 0 Å². The normalized spacial score (nSPS) is 19.7. The molecule has 0 bridgehead atoms. The summed E-state index contributed by atoms with van der Waals surface area (Å²) in [5, 5.41) is 6.23. The van der Waals surface area contributed by atoms with Crippen LogP contribution in [-0.2, 0) is 14.8 Å². The van der Waals surface area contributed by atoms with Gasteiger partial charge in [-0.1, -0.05) is 30.3 Å². The Bertz CT molecular complexity index is 774. The fraction of sp³-hybridized carbons (Fsp3) is 0.333. The first kappa shape index (κ1) is 15.7. The van der Waals surface area contributed by atoms with Crippen LogP contribution in [0.5, 0.6) is 0 Å². The lowest BCUT2D eigenvalue weighted by atomic mass is 10.0. The van der Waals surface area contributed by atoms with Crippen molar-refractivity contribution in [3.8, 4) is 0 Å². The molecule has 1 saturated heterocycles. The van der Waals surface area contributed by atoms with E-state index in [4.69, 9.17) is 0 Å². The number of hydrogen-bond donors (Lipinski definition) is 1. The number of nitrogens with one attached hydrogen (secondary N) is 1. The first-order chi connectivity index (χ1) is 11.0. The number of carbonyl (C=O) groups is 1. The number of carbonyl (C=O) groups excluding carboxylic acids is 1. The highest BCUT2D eigenvalue weighted by Crippen LogP contribution is 2.28. The first-order valence-corrected chi connectivity index (χ1v) is 8.75. The maximum atomic E-state index is 12.7. The molecule has 23 heavy (non-hydrogen) atoms. The predicted octanol–water partition coefficient (Wildman–Crippen LogP) is 1.00. The minimum Gasteiger partial charge on any atom is -0.333 e. The molecule has 1 aromatic carbocycles. The molecule has 8 heteroatoms. The number of piperazine rings is 1. The molecule has 2 aromatic rings. The van der Waals surface area contributed by atoms with Gasteiger partial charge in [-0.05, 0) is 5.56 Å². The molecule has 1 N–H and O–H groups in total. The molecule has 1 aliphatic rings. The van der Waals surface area contributed by atoms with E-state index in [9.17, 15) is 13.2 Å². The number of rotatable bonds is 3. The van der Waals surface area contributed by atoms with Crippen LogP contribution in [0.3, 0.4) is 0 Å². The first-order valence-electron chi connectivity index (χ1n) is 7.31. The minimum atomic E-state index is -3.61. The van der Waals surface area contributed by atoms with Crippen molar-refractivity contribution >= 4 is 15.9 Å². The number of H-pyrrole nitrogens is 1. The van der Waals surface area contributed by atoms with Crippen LogP contribution in [0.4, 0.5) is 0 Å². The number of aromatic amines is 1. The summed E-state index contributed by atoms with van der Waals surface area (Å²) in [5.74, 6) is -0.0563. The summed E-state index contributed by atoms with van der Waals surface area (Å²) in [5.41, 5.74) is 0.926. The van der Waals surface area contributed by atoms with Crippen LogP contribution >= 0.6 is 0 Å². The Morgan fingerprint density at radius 1 is 1.26 bits per heavy atom. The minimum absolute atomic E-state index is 0.0563. The summed E-state index contributed by atoms with van der Waals surface area (Å²) < 4.78 is 26.7. The van der Waals surface area contributed by atoms with E-state index in [2.05, 4.69) is 10.2 Å². The van der Waals surface area contributed by atoms with Gasteiger partial charge >= 0.3 is 0 Å². The summed E-state index contributed by atoms with van der Waals surface area (Å²) in [6, 6.07) is 9.20. The van der Waals surface area contributed by atoms with Crippen LogP contribution in [0.25, 0.3) is 0 Å². The van der Waals surface area contributed by atoms with E-state index in [0.29, 0.717) is 6.54 Å². The lowest BCUT2D eigenvalue weighted by Crippen LogP contribution is -2.51. The van der Waals surface area contributed by atoms with Gasteiger partial charge in [0.1, 0.15) is 4.90 Å². The second kappa shape index (κ2) is 6.13. The number of benzene rings is 1. The second-order valence-corrected chi connectivity index (χ2v) is 7.37. The standard InChI is InChI=1S/C15H18N4O3S/c1-12(20)19-8-7-18(23(21,22)14-9-16-17-10-14)11-15(19)13-5-3-2-4-6-13/h2-6,9-10,15H,7-8,11H2,1H3,(H,16,17). The van der Waals surface area contributed by atoms with E-state index in [1.807, 2.05) is 30.3 Å². The van der Waals surface area contributed by atoms with Crippen molar-refractivity contribution in [3.05, 3.63) is 48.3 Å². The smallest absolute Gasteiger partial charge is 0.246 e. The van der Waals surface area contributed by atoms with Crippen LogP contribution in [0, 0.1) is 0 Å². The lowest BCUT2D eigenvalue weighted by Gasteiger charge is -2.40. The van der Waals surface area contributed by atoms with Crippen molar-refractivity contribution in [2.75, 3.05) is 19.6 Å². The third kappa shape index (κ3) is 2.99. The number of amides is 1. The van der Waals surface area contributed by atoms with Gasteiger partial charge < -0.3 is 4.90 Å². The zero-order valence-electron chi connectivity index (χ0n) is 12.7.